The van der Waals surface area contributed by atoms with Crippen LogP contribution in [0.1, 0.15) is 12.7 Å². The second-order valence-electron chi connectivity index (χ2n) is 8.39. The van der Waals surface area contributed by atoms with Gasteiger partial charge in [0.15, 0.2) is 28.9 Å². The maximum atomic E-state index is 5.52. The quantitative estimate of drug-likeness (QED) is 0.327. The first kappa shape index (κ1) is 21.9. The highest BCUT2D eigenvalue weighted by Gasteiger charge is 2.21. The number of hydrogen-bond acceptors (Lipinski definition) is 11. The molecule has 1 atom stereocenters. The molecule has 6 rings (SSSR count). The zero-order chi connectivity index (χ0) is 24.5. The van der Waals surface area contributed by atoms with Crippen LogP contribution in [-0.4, -0.2) is 70.8 Å². The van der Waals surface area contributed by atoms with Crippen molar-refractivity contribution in [3.05, 3.63) is 54.6 Å². The Labute approximate surface area is 206 Å². The lowest BCUT2D eigenvalue weighted by Gasteiger charge is -2.33. The third kappa shape index (κ3) is 4.27. The predicted octanol–water partition coefficient (Wildman–Crippen LogP) is 2.72. The summed E-state index contributed by atoms with van der Waals surface area (Å²) in [5, 5.41) is 26.7. The van der Waals surface area contributed by atoms with Crippen LogP contribution in [0.15, 0.2) is 48.8 Å². The van der Waals surface area contributed by atoms with Crippen LogP contribution in [-0.2, 0) is 4.74 Å². The molecule has 1 unspecified atom stereocenters. The van der Waals surface area contributed by atoms with Gasteiger partial charge in [0.25, 0.3) is 0 Å². The van der Waals surface area contributed by atoms with Gasteiger partial charge in [0.1, 0.15) is 17.3 Å². The topological polar surface area (TPSA) is 147 Å². The van der Waals surface area contributed by atoms with Crippen molar-refractivity contribution in [1.29, 1.82) is 0 Å². The molecule has 1 saturated heterocycles. The molecular weight excluding hydrogens is 460 g/mol. The van der Waals surface area contributed by atoms with E-state index in [0.717, 1.165) is 12.4 Å². The molecule has 0 bridgehead atoms. The van der Waals surface area contributed by atoms with Gasteiger partial charge in [-0.1, -0.05) is 0 Å². The van der Waals surface area contributed by atoms with Gasteiger partial charge < -0.3 is 20.3 Å². The summed E-state index contributed by atoms with van der Waals surface area (Å²) in [7, 11) is 0. The van der Waals surface area contributed by atoms with Gasteiger partial charge >= 0.3 is 0 Å². The molecule has 0 amide bonds. The van der Waals surface area contributed by atoms with Crippen LogP contribution in [0.2, 0.25) is 0 Å². The molecule has 36 heavy (non-hydrogen) atoms. The molecule has 5 aromatic heterocycles. The smallest absolute Gasteiger partial charge is 0.162 e. The number of ether oxygens (including phenoxy) is 1. The van der Waals surface area contributed by atoms with E-state index in [2.05, 4.69) is 62.9 Å². The van der Waals surface area contributed by atoms with Gasteiger partial charge in [-0.05, 0) is 38.1 Å². The number of aryl methyl sites for hydroxylation is 1. The van der Waals surface area contributed by atoms with Crippen molar-refractivity contribution >= 4 is 34.7 Å². The summed E-state index contributed by atoms with van der Waals surface area (Å²) in [5.41, 5.74) is 2.00. The van der Waals surface area contributed by atoms with E-state index in [1.807, 2.05) is 43.3 Å². The summed E-state index contributed by atoms with van der Waals surface area (Å²) >= 11 is 0. The van der Waals surface area contributed by atoms with E-state index in [4.69, 9.17) is 4.74 Å². The molecular formula is C23H24N12O. The molecule has 13 heteroatoms. The van der Waals surface area contributed by atoms with Crippen molar-refractivity contribution in [2.24, 2.45) is 0 Å². The van der Waals surface area contributed by atoms with Gasteiger partial charge in [-0.25, -0.2) is 19.5 Å². The van der Waals surface area contributed by atoms with Gasteiger partial charge in [-0.15, -0.1) is 10.2 Å². The molecule has 0 aliphatic carbocycles. The molecule has 1 aliphatic heterocycles. The summed E-state index contributed by atoms with van der Waals surface area (Å²) in [6, 6.07) is 11.5. The van der Waals surface area contributed by atoms with Crippen LogP contribution in [0.4, 0.5) is 29.1 Å². The summed E-state index contributed by atoms with van der Waals surface area (Å²) in [4.78, 5) is 16.1. The predicted molar refractivity (Wildman–Crippen MR) is 134 cm³/mol. The fourth-order valence-electron chi connectivity index (χ4n) is 4.15. The van der Waals surface area contributed by atoms with Crippen molar-refractivity contribution in [3.63, 3.8) is 0 Å². The number of H-pyrrole nitrogens is 1. The molecule has 182 valence electrons. The first-order chi connectivity index (χ1) is 17.6. The molecule has 1 aliphatic rings. The van der Waals surface area contributed by atoms with E-state index >= 15 is 0 Å². The highest BCUT2D eigenvalue weighted by Crippen LogP contribution is 2.30. The molecule has 0 saturated carbocycles. The standard InChI is InChI=1S/C23H24N12O/c1-14-13-36-11-10-34(14)21-6-5-17(32-33-21)28-19-12-16(26-15(2)27-19)22-23(29-18-7-9-24-31-18)30-20-4-3-8-25-35(20)22/h3-9,12,14H,10-11,13H2,1-2H3,(H2,24,29,31)(H,26,27,28,32). The average Bonchev–Trinajstić information content (AvgIpc) is 3.52. The molecule has 0 aromatic carbocycles. The maximum absolute atomic E-state index is 5.52. The van der Waals surface area contributed by atoms with Gasteiger partial charge in [0.2, 0.25) is 0 Å². The van der Waals surface area contributed by atoms with E-state index in [1.54, 1.807) is 16.9 Å². The first-order valence-electron chi connectivity index (χ1n) is 11.6. The normalized spacial score (nSPS) is 15.8. The third-order valence-electron chi connectivity index (χ3n) is 5.79. The Hall–Kier alpha value is -4.65. The number of imidazole rings is 1. The second-order valence-corrected chi connectivity index (χ2v) is 8.39. The van der Waals surface area contributed by atoms with E-state index in [-0.39, 0.29) is 6.04 Å². The van der Waals surface area contributed by atoms with E-state index < -0.39 is 0 Å². The second kappa shape index (κ2) is 9.19. The molecule has 0 spiro atoms. The molecule has 0 radical (unpaired) electrons. The Morgan fingerprint density at radius 1 is 1.03 bits per heavy atom. The van der Waals surface area contributed by atoms with E-state index in [9.17, 15) is 0 Å². The molecule has 13 nitrogen and oxygen atoms in total. The van der Waals surface area contributed by atoms with Gasteiger partial charge in [0, 0.05) is 31.1 Å². The Kier molecular flexibility index (Phi) is 5.58. The highest BCUT2D eigenvalue weighted by atomic mass is 16.5. The number of fused-ring (bicyclic) bond motifs is 1. The third-order valence-corrected chi connectivity index (χ3v) is 5.79. The van der Waals surface area contributed by atoms with Crippen LogP contribution < -0.4 is 15.5 Å². The van der Waals surface area contributed by atoms with E-state index in [1.165, 1.54) is 0 Å². The van der Waals surface area contributed by atoms with Crippen LogP contribution in [0, 0.1) is 6.92 Å². The maximum Gasteiger partial charge on any atom is 0.162 e. The van der Waals surface area contributed by atoms with Gasteiger partial charge in [-0.3, -0.25) is 5.10 Å². The van der Waals surface area contributed by atoms with Crippen LogP contribution in [0.3, 0.4) is 0 Å². The van der Waals surface area contributed by atoms with Crippen molar-refractivity contribution < 1.29 is 4.74 Å². The molecule has 3 N–H and O–H groups in total. The van der Waals surface area contributed by atoms with Crippen LogP contribution in [0.25, 0.3) is 17.0 Å². The van der Waals surface area contributed by atoms with Crippen molar-refractivity contribution in [2.75, 3.05) is 35.3 Å². The Morgan fingerprint density at radius 2 is 1.97 bits per heavy atom. The van der Waals surface area contributed by atoms with Crippen molar-refractivity contribution in [3.8, 4) is 11.4 Å². The van der Waals surface area contributed by atoms with Crippen molar-refractivity contribution in [1.82, 2.24) is 45.0 Å². The number of aromatic nitrogens is 9. The summed E-state index contributed by atoms with van der Waals surface area (Å²) in [6.07, 6.45) is 3.44. The Balaban J connectivity index is 1.32. The van der Waals surface area contributed by atoms with Crippen LogP contribution >= 0.6 is 0 Å². The highest BCUT2D eigenvalue weighted by molar-refractivity contribution is 5.78. The van der Waals surface area contributed by atoms with Crippen LogP contribution in [0.5, 0.6) is 0 Å². The summed E-state index contributed by atoms with van der Waals surface area (Å²) in [6.45, 7) is 6.10. The summed E-state index contributed by atoms with van der Waals surface area (Å²) < 4.78 is 7.25. The minimum Gasteiger partial charge on any atom is -0.377 e. The average molecular weight is 485 g/mol. The number of anilines is 5. The minimum atomic E-state index is 0.252. The van der Waals surface area contributed by atoms with Crippen molar-refractivity contribution in [2.45, 2.75) is 19.9 Å². The fourth-order valence-corrected chi connectivity index (χ4v) is 4.15. The molecule has 1 fully saturated rings. The largest absolute Gasteiger partial charge is 0.377 e. The SMILES string of the molecule is Cc1nc(Nc2ccc(N3CCOCC3C)nn2)cc(-c2c(Nc3cc[nH]n3)nc3cccnn23)n1. The zero-order valence-electron chi connectivity index (χ0n) is 19.8. The minimum absolute atomic E-state index is 0.252. The lowest BCUT2D eigenvalue weighted by molar-refractivity contribution is 0.0984. The number of nitrogens with zero attached hydrogens (tertiary/aromatic N) is 9. The first-order valence-corrected chi connectivity index (χ1v) is 11.6. The molecule has 6 heterocycles. The lowest BCUT2D eigenvalue weighted by Crippen LogP contribution is -2.44. The van der Waals surface area contributed by atoms with Gasteiger partial charge in [0.05, 0.1) is 24.9 Å². The number of aromatic amines is 1. The number of morpholine rings is 1. The molecule has 5 aromatic rings. The Morgan fingerprint density at radius 3 is 2.78 bits per heavy atom. The summed E-state index contributed by atoms with van der Waals surface area (Å²) in [5.74, 6) is 3.77. The number of hydrogen-bond donors (Lipinski definition) is 3. The van der Waals surface area contributed by atoms with E-state index in [0.29, 0.717) is 59.3 Å². The number of nitrogens with one attached hydrogen (secondary N) is 3. The number of rotatable bonds is 6. The fraction of sp³-hybridized carbons (Fsp3) is 0.261. The monoisotopic (exact) mass is 484 g/mol. The van der Waals surface area contributed by atoms with Gasteiger partial charge in [-0.2, -0.15) is 10.2 Å². The zero-order valence-corrected chi connectivity index (χ0v) is 19.8. The Bertz CT molecular complexity index is 1480. The lowest BCUT2D eigenvalue weighted by atomic mass is 10.2.